The summed E-state index contributed by atoms with van der Waals surface area (Å²) in [6.45, 7) is 0. The molecule has 164 valence electrons. The van der Waals surface area contributed by atoms with Crippen molar-refractivity contribution < 1.29 is 24.2 Å². The van der Waals surface area contributed by atoms with E-state index in [1.807, 2.05) is 0 Å². The lowest BCUT2D eigenvalue weighted by molar-refractivity contribution is 0.0698. The summed E-state index contributed by atoms with van der Waals surface area (Å²) in [6, 6.07) is 10.2. The molecule has 2 aromatic heterocycles. The molecule has 4 aromatic rings. The number of fused-ring (bicyclic) bond motifs is 2. The largest absolute Gasteiger partial charge is 0.497 e. The highest BCUT2D eigenvalue weighted by Crippen LogP contribution is 2.29. The van der Waals surface area contributed by atoms with Crippen LogP contribution in [0.3, 0.4) is 0 Å². The Balaban J connectivity index is 0.000000181. The number of aromatic nitrogens is 2. The van der Waals surface area contributed by atoms with Gasteiger partial charge in [-0.1, -0.05) is 23.2 Å². The number of primary amides is 1. The van der Waals surface area contributed by atoms with Crippen LogP contribution in [0.4, 0.5) is 0 Å². The van der Waals surface area contributed by atoms with Crippen molar-refractivity contribution in [3.8, 4) is 11.5 Å². The van der Waals surface area contributed by atoms with Crippen LogP contribution in [0.5, 0.6) is 11.5 Å². The Labute approximate surface area is 192 Å². The van der Waals surface area contributed by atoms with Crippen LogP contribution < -0.4 is 15.2 Å². The second kappa shape index (κ2) is 9.67. The van der Waals surface area contributed by atoms with Crippen LogP contribution in [-0.4, -0.2) is 41.2 Å². The maximum atomic E-state index is 11.2. The molecular weight excluding hydrogens is 457 g/mol. The molecule has 0 spiro atoms. The first-order valence-electron chi connectivity index (χ1n) is 9.04. The molecule has 32 heavy (non-hydrogen) atoms. The molecule has 2 heterocycles. The monoisotopic (exact) mass is 473 g/mol. The molecule has 0 aliphatic carbocycles. The van der Waals surface area contributed by atoms with E-state index in [1.54, 1.807) is 43.5 Å². The number of carboxylic acid groups (broad SMARTS) is 1. The van der Waals surface area contributed by atoms with Crippen LogP contribution in [0.15, 0.2) is 48.8 Å². The van der Waals surface area contributed by atoms with Crippen molar-refractivity contribution in [1.82, 2.24) is 9.97 Å². The van der Waals surface area contributed by atoms with Crippen LogP contribution in [-0.2, 0) is 0 Å². The molecule has 0 saturated carbocycles. The topological polar surface area (TPSA) is 125 Å². The lowest BCUT2D eigenvalue weighted by atomic mass is 10.1. The van der Waals surface area contributed by atoms with Gasteiger partial charge in [0.15, 0.2) is 0 Å². The highest BCUT2D eigenvalue weighted by atomic mass is 35.5. The fourth-order valence-corrected chi connectivity index (χ4v) is 3.42. The van der Waals surface area contributed by atoms with E-state index in [0.717, 1.165) is 0 Å². The van der Waals surface area contributed by atoms with E-state index in [4.69, 9.17) is 43.5 Å². The third kappa shape index (κ3) is 4.66. The first-order valence-corrected chi connectivity index (χ1v) is 9.80. The van der Waals surface area contributed by atoms with Crippen molar-refractivity contribution in [2.24, 2.45) is 5.73 Å². The van der Waals surface area contributed by atoms with Gasteiger partial charge in [0.25, 0.3) is 5.91 Å². The van der Waals surface area contributed by atoms with Gasteiger partial charge >= 0.3 is 5.97 Å². The molecule has 10 heteroatoms. The number of nitrogens with zero attached hydrogens (tertiary/aromatic N) is 2. The predicted molar refractivity (Wildman–Crippen MR) is 122 cm³/mol. The minimum Gasteiger partial charge on any atom is -0.497 e. The average Bonchev–Trinajstić information content (AvgIpc) is 2.79. The third-order valence-electron chi connectivity index (χ3n) is 4.59. The molecule has 0 atom stereocenters. The van der Waals surface area contributed by atoms with E-state index in [-0.39, 0.29) is 10.7 Å². The van der Waals surface area contributed by atoms with Crippen LogP contribution in [0.1, 0.15) is 20.7 Å². The Morgan fingerprint density at radius 3 is 1.66 bits per heavy atom. The molecule has 3 N–H and O–H groups in total. The molecule has 0 aliphatic heterocycles. The van der Waals surface area contributed by atoms with Crippen LogP contribution in [0, 0.1) is 0 Å². The fraction of sp³-hybridized carbons (Fsp3) is 0.0909. The number of ether oxygens (including phenoxy) is 2. The summed E-state index contributed by atoms with van der Waals surface area (Å²) in [5, 5.41) is 12.1. The second-order valence-corrected chi connectivity index (χ2v) is 7.13. The first kappa shape index (κ1) is 23.1. The van der Waals surface area contributed by atoms with Crippen molar-refractivity contribution in [3.05, 3.63) is 70.2 Å². The predicted octanol–water partition coefficient (Wildman–Crippen LogP) is 4.59. The number of carbonyl (C=O) groups is 2. The standard InChI is InChI=1S/C11H9ClN2O2.C11H8ClNO3/c1-16-6-2-3-7-8(4-6)9(11(13)15)5-14-10(7)12;1-16-6-2-3-7-8(4-6)9(11(14)15)5-13-10(7)12/h2-5H,1H3,(H2,13,15);2-5H,1H3,(H,14,15). The van der Waals surface area contributed by atoms with Crippen LogP contribution >= 0.6 is 23.2 Å². The number of aromatic carboxylic acids is 1. The molecule has 0 fully saturated rings. The lowest BCUT2D eigenvalue weighted by Gasteiger charge is -2.06. The Kier molecular flexibility index (Phi) is 6.97. The van der Waals surface area contributed by atoms with Gasteiger partial charge in [-0.25, -0.2) is 14.8 Å². The molecule has 8 nitrogen and oxygen atoms in total. The summed E-state index contributed by atoms with van der Waals surface area (Å²) in [7, 11) is 3.07. The molecule has 4 rings (SSSR count). The SMILES string of the molecule is COc1ccc2c(Cl)ncc(C(=O)O)c2c1.COc1ccc2c(Cl)ncc(C(N)=O)c2c1. The molecular formula is C22H17Cl2N3O5. The minimum absolute atomic E-state index is 0.110. The number of hydrogen-bond donors (Lipinski definition) is 2. The van der Waals surface area contributed by atoms with Crippen molar-refractivity contribution in [2.45, 2.75) is 0 Å². The molecule has 0 saturated heterocycles. The van der Waals surface area contributed by atoms with Gasteiger partial charge in [0.2, 0.25) is 0 Å². The number of nitrogens with two attached hydrogens (primary N) is 1. The molecule has 0 aliphatic rings. The van der Waals surface area contributed by atoms with Crippen LogP contribution in [0.2, 0.25) is 10.3 Å². The Bertz CT molecular complexity index is 1240. The van der Waals surface area contributed by atoms with Crippen molar-refractivity contribution in [3.63, 3.8) is 0 Å². The van der Waals surface area contributed by atoms with Gasteiger partial charge in [0.1, 0.15) is 21.8 Å². The van der Waals surface area contributed by atoms with Gasteiger partial charge in [0.05, 0.1) is 25.3 Å². The number of methoxy groups -OCH3 is 2. The highest BCUT2D eigenvalue weighted by molar-refractivity contribution is 6.35. The van der Waals surface area contributed by atoms with E-state index in [2.05, 4.69) is 9.97 Å². The third-order valence-corrected chi connectivity index (χ3v) is 5.19. The van der Waals surface area contributed by atoms with E-state index in [9.17, 15) is 9.59 Å². The van der Waals surface area contributed by atoms with Gasteiger partial charge in [-0.2, -0.15) is 0 Å². The second-order valence-electron chi connectivity index (χ2n) is 6.42. The molecule has 0 bridgehead atoms. The van der Waals surface area contributed by atoms with E-state index in [1.165, 1.54) is 19.5 Å². The van der Waals surface area contributed by atoms with Gasteiger partial charge in [0, 0.05) is 33.9 Å². The Hall–Kier alpha value is -3.62. The van der Waals surface area contributed by atoms with Gasteiger partial charge in [-0.15, -0.1) is 0 Å². The van der Waals surface area contributed by atoms with Crippen LogP contribution in [0.25, 0.3) is 21.5 Å². The van der Waals surface area contributed by atoms with Gasteiger partial charge in [-0.3, -0.25) is 4.79 Å². The summed E-state index contributed by atoms with van der Waals surface area (Å²) < 4.78 is 10.1. The first-order chi connectivity index (χ1) is 15.3. The Morgan fingerprint density at radius 2 is 1.25 bits per heavy atom. The number of halogens is 2. The van der Waals surface area contributed by atoms with Gasteiger partial charge < -0.3 is 20.3 Å². The fourth-order valence-electron chi connectivity index (χ4n) is 2.99. The summed E-state index contributed by atoms with van der Waals surface area (Å²) in [6.07, 6.45) is 2.61. The maximum Gasteiger partial charge on any atom is 0.337 e. The number of rotatable bonds is 4. The molecule has 2 aromatic carbocycles. The number of pyridine rings is 2. The van der Waals surface area contributed by atoms with E-state index >= 15 is 0 Å². The minimum atomic E-state index is -1.04. The van der Waals surface area contributed by atoms with Gasteiger partial charge in [-0.05, 0) is 36.4 Å². The molecule has 0 radical (unpaired) electrons. The summed E-state index contributed by atoms with van der Waals surface area (Å²) in [5.41, 5.74) is 5.70. The quantitative estimate of drug-likeness (QED) is 0.415. The molecule has 0 unspecified atom stereocenters. The summed E-state index contributed by atoms with van der Waals surface area (Å²) >= 11 is 11.8. The van der Waals surface area contributed by atoms with Crippen molar-refractivity contribution >= 4 is 56.6 Å². The number of amides is 1. The van der Waals surface area contributed by atoms with E-state index in [0.29, 0.717) is 43.8 Å². The summed E-state index contributed by atoms with van der Waals surface area (Å²) in [4.78, 5) is 30.0. The maximum absolute atomic E-state index is 11.2. The lowest BCUT2D eigenvalue weighted by Crippen LogP contribution is -2.12. The number of benzene rings is 2. The summed E-state index contributed by atoms with van der Waals surface area (Å²) in [5.74, 6) is -0.362. The normalized spacial score (nSPS) is 10.4. The van der Waals surface area contributed by atoms with Crippen molar-refractivity contribution in [1.29, 1.82) is 0 Å². The zero-order chi connectivity index (χ0) is 23.4. The molecule has 1 amide bonds. The zero-order valence-corrected chi connectivity index (χ0v) is 18.4. The number of carbonyl (C=O) groups excluding carboxylic acids is 1. The number of hydrogen-bond acceptors (Lipinski definition) is 6. The smallest absolute Gasteiger partial charge is 0.337 e. The highest BCUT2D eigenvalue weighted by Gasteiger charge is 2.13. The zero-order valence-electron chi connectivity index (χ0n) is 16.9. The Morgan fingerprint density at radius 1 is 0.812 bits per heavy atom. The van der Waals surface area contributed by atoms with Crippen molar-refractivity contribution in [2.75, 3.05) is 14.2 Å². The average molecular weight is 474 g/mol. The van der Waals surface area contributed by atoms with E-state index < -0.39 is 11.9 Å². The number of carboxylic acids is 1.